The minimum Gasteiger partial charge on any atom is -0.493 e. The van der Waals surface area contributed by atoms with Gasteiger partial charge in [-0.25, -0.2) is 4.98 Å². The summed E-state index contributed by atoms with van der Waals surface area (Å²) in [5, 5.41) is 9.04. The van der Waals surface area contributed by atoms with Crippen molar-refractivity contribution < 1.29 is 14.3 Å². The van der Waals surface area contributed by atoms with Crippen LogP contribution in [0.1, 0.15) is 12.1 Å². The summed E-state index contributed by atoms with van der Waals surface area (Å²) in [6, 6.07) is 15.7. The third-order valence-electron chi connectivity index (χ3n) is 4.30. The van der Waals surface area contributed by atoms with Gasteiger partial charge in [0.1, 0.15) is 5.01 Å². The molecule has 1 aromatic heterocycles. The zero-order chi connectivity index (χ0) is 20.5. The largest absolute Gasteiger partial charge is 0.493 e. The number of hydrogen-bond acceptors (Lipinski definition) is 6. The zero-order valence-corrected chi connectivity index (χ0v) is 17.4. The van der Waals surface area contributed by atoms with Crippen molar-refractivity contribution in [2.75, 3.05) is 32.6 Å². The van der Waals surface area contributed by atoms with Gasteiger partial charge in [-0.1, -0.05) is 18.2 Å². The van der Waals surface area contributed by atoms with Crippen LogP contribution >= 0.6 is 11.3 Å². The van der Waals surface area contributed by atoms with E-state index in [2.05, 4.69) is 15.6 Å². The van der Waals surface area contributed by atoms with E-state index in [1.165, 1.54) is 11.3 Å². The molecular weight excluding hydrogens is 386 g/mol. The Bertz CT molecular complexity index is 928. The van der Waals surface area contributed by atoms with Crippen LogP contribution in [-0.2, 0) is 11.2 Å². The van der Waals surface area contributed by atoms with Crippen LogP contribution in [0.25, 0.3) is 10.6 Å². The van der Waals surface area contributed by atoms with Crippen LogP contribution in [0.4, 0.5) is 5.69 Å². The predicted molar refractivity (Wildman–Crippen MR) is 117 cm³/mol. The van der Waals surface area contributed by atoms with Crippen LogP contribution in [0.3, 0.4) is 0 Å². The molecule has 0 bridgehead atoms. The molecule has 1 amide bonds. The highest BCUT2D eigenvalue weighted by Gasteiger charge is 2.11. The van der Waals surface area contributed by atoms with E-state index in [4.69, 9.17) is 9.47 Å². The third-order valence-corrected chi connectivity index (χ3v) is 5.24. The molecule has 2 N–H and O–H groups in total. The molecule has 7 heteroatoms. The average molecular weight is 412 g/mol. The summed E-state index contributed by atoms with van der Waals surface area (Å²) in [6.07, 6.45) is 1.13. The Hall–Kier alpha value is -3.06. The van der Waals surface area contributed by atoms with Gasteiger partial charge in [0.05, 0.1) is 26.3 Å². The lowest BCUT2D eigenvalue weighted by Gasteiger charge is -2.08. The molecule has 29 heavy (non-hydrogen) atoms. The van der Waals surface area contributed by atoms with Crippen LogP contribution < -0.4 is 20.1 Å². The number of carbonyl (C=O) groups excluding carboxylic acids is 1. The maximum absolute atomic E-state index is 12.2. The molecule has 0 aliphatic carbocycles. The summed E-state index contributed by atoms with van der Waals surface area (Å²) in [7, 11) is 3.21. The molecule has 2 aromatic carbocycles. The molecule has 0 saturated carbocycles. The predicted octanol–water partition coefficient (Wildman–Crippen LogP) is 3.99. The number of hydrogen-bond donors (Lipinski definition) is 2. The average Bonchev–Trinajstić information content (AvgIpc) is 3.22. The maximum atomic E-state index is 12.2. The molecule has 0 aliphatic heterocycles. The lowest BCUT2D eigenvalue weighted by molar-refractivity contribution is -0.120. The number of amides is 1. The van der Waals surface area contributed by atoms with Crippen LogP contribution in [0.5, 0.6) is 11.5 Å². The highest BCUT2D eigenvalue weighted by Crippen LogP contribution is 2.33. The second kappa shape index (κ2) is 10.5. The van der Waals surface area contributed by atoms with Gasteiger partial charge in [-0.15, -0.1) is 11.3 Å². The minimum atomic E-state index is -0.0196. The topological polar surface area (TPSA) is 72.5 Å². The Morgan fingerprint density at radius 3 is 2.59 bits per heavy atom. The number of carbonyl (C=O) groups is 1. The van der Waals surface area contributed by atoms with E-state index < -0.39 is 0 Å². The Morgan fingerprint density at radius 2 is 1.83 bits per heavy atom. The van der Waals surface area contributed by atoms with Crippen molar-refractivity contribution >= 4 is 22.9 Å². The van der Waals surface area contributed by atoms with E-state index in [1.54, 1.807) is 14.2 Å². The number of ether oxygens (including phenoxy) is 2. The van der Waals surface area contributed by atoms with Crippen molar-refractivity contribution in [3.05, 3.63) is 59.6 Å². The molecule has 3 rings (SSSR count). The second-order valence-electron chi connectivity index (χ2n) is 6.39. The number of thiazole rings is 1. The van der Waals surface area contributed by atoms with Crippen molar-refractivity contribution in [1.29, 1.82) is 0 Å². The highest BCUT2D eigenvalue weighted by molar-refractivity contribution is 7.13. The van der Waals surface area contributed by atoms with Gasteiger partial charge in [0.2, 0.25) is 5.91 Å². The van der Waals surface area contributed by atoms with E-state index >= 15 is 0 Å². The SMILES string of the molecule is COc1ccc(-c2nc(CC(=O)NCCCNc3ccccc3)cs2)cc1OC. The van der Waals surface area contributed by atoms with Crippen LogP contribution in [-0.4, -0.2) is 38.2 Å². The number of para-hydroxylation sites is 1. The molecule has 152 valence electrons. The standard InChI is InChI=1S/C22H25N3O3S/c1-27-19-10-9-16(13-20(19)28-2)22-25-18(15-29-22)14-21(26)24-12-6-11-23-17-7-4-3-5-8-17/h3-5,7-10,13,15,23H,6,11-12,14H2,1-2H3,(H,24,26). The second-order valence-corrected chi connectivity index (χ2v) is 7.24. The molecule has 0 unspecified atom stereocenters. The number of methoxy groups -OCH3 is 2. The number of nitrogens with zero attached hydrogens (tertiary/aromatic N) is 1. The summed E-state index contributed by atoms with van der Waals surface area (Å²) < 4.78 is 10.6. The summed E-state index contributed by atoms with van der Waals surface area (Å²) in [5.74, 6) is 1.31. The number of benzene rings is 2. The molecule has 0 atom stereocenters. The number of anilines is 1. The number of aromatic nitrogens is 1. The van der Waals surface area contributed by atoms with Crippen molar-refractivity contribution in [2.45, 2.75) is 12.8 Å². The van der Waals surface area contributed by atoms with Gasteiger partial charge >= 0.3 is 0 Å². The minimum absolute atomic E-state index is 0.0196. The van der Waals surface area contributed by atoms with Crippen molar-refractivity contribution in [3.63, 3.8) is 0 Å². The molecule has 0 radical (unpaired) electrons. The van der Waals surface area contributed by atoms with Crippen molar-refractivity contribution in [2.24, 2.45) is 0 Å². The Kier molecular flexibility index (Phi) is 7.47. The quantitative estimate of drug-likeness (QED) is 0.494. The van der Waals surface area contributed by atoms with E-state index in [-0.39, 0.29) is 12.3 Å². The molecule has 3 aromatic rings. The first-order valence-corrected chi connectivity index (χ1v) is 10.3. The monoisotopic (exact) mass is 411 g/mol. The molecule has 0 spiro atoms. The lowest BCUT2D eigenvalue weighted by atomic mass is 10.2. The Labute approximate surface area is 174 Å². The first-order chi connectivity index (χ1) is 14.2. The smallest absolute Gasteiger partial charge is 0.226 e. The van der Waals surface area contributed by atoms with Gasteiger partial charge in [-0.05, 0) is 36.8 Å². The molecule has 1 heterocycles. The van der Waals surface area contributed by atoms with Gasteiger partial charge in [0.15, 0.2) is 11.5 Å². The lowest BCUT2D eigenvalue weighted by Crippen LogP contribution is -2.27. The third kappa shape index (κ3) is 5.96. The fraction of sp³-hybridized carbons (Fsp3) is 0.273. The van der Waals surface area contributed by atoms with E-state index in [9.17, 15) is 4.79 Å². The van der Waals surface area contributed by atoms with Crippen molar-refractivity contribution in [3.8, 4) is 22.1 Å². The van der Waals surface area contributed by atoms with E-state index in [0.717, 1.165) is 34.9 Å². The van der Waals surface area contributed by atoms with Crippen LogP contribution in [0.15, 0.2) is 53.9 Å². The van der Waals surface area contributed by atoms with Crippen molar-refractivity contribution in [1.82, 2.24) is 10.3 Å². The zero-order valence-electron chi connectivity index (χ0n) is 16.6. The number of nitrogens with one attached hydrogen (secondary N) is 2. The molecule has 0 saturated heterocycles. The van der Waals surface area contributed by atoms with Gasteiger partial charge in [-0.2, -0.15) is 0 Å². The fourth-order valence-corrected chi connectivity index (χ4v) is 3.64. The van der Waals surface area contributed by atoms with Gasteiger partial charge in [0.25, 0.3) is 0 Å². The number of rotatable bonds is 10. The van der Waals surface area contributed by atoms with E-state index in [1.807, 2.05) is 53.9 Å². The molecule has 6 nitrogen and oxygen atoms in total. The first-order valence-electron chi connectivity index (χ1n) is 9.42. The van der Waals surface area contributed by atoms with Crippen LogP contribution in [0, 0.1) is 0 Å². The van der Waals surface area contributed by atoms with Gasteiger partial charge in [0, 0.05) is 29.7 Å². The van der Waals surface area contributed by atoms with Gasteiger partial charge in [-0.3, -0.25) is 4.79 Å². The molecule has 0 aliphatic rings. The Morgan fingerprint density at radius 1 is 1.03 bits per heavy atom. The first kappa shape index (κ1) is 20.7. The fourth-order valence-electron chi connectivity index (χ4n) is 2.82. The summed E-state index contributed by atoms with van der Waals surface area (Å²) in [5.41, 5.74) is 2.79. The summed E-state index contributed by atoms with van der Waals surface area (Å²) >= 11 is 1.51. The van der Waals surface area contributed by atoms with Crippen LogP contribution in [0.2, 0.25) is 0 Å². The normalized spacial score (nSPS) is 10.4. The van der Waals surface area contributed by atoms with E-state index in [0.29, 0.717) is 18.0 Å². The molecular formula is C22H25N3O3S. The highest BCUT2D eigenvalue weighted by atomic mass is 32.1. The Balaban J connectivity index is 1.45. The summed E-state index contributed by atoms with van der Waals surface area (Å²) in [4.78, 5) is 16.8. The maximum Gasteiger partial charge on any atom is 0.226 e. The van der Waals surface area contributed by atoms with Gasteiger partial charge < -0.3 is 20.1 Å². The summed E-state index contributed by atoms with van der Waals surface area (Å²) in [6.45, 7) is 1.44. The molecule has 0 fully saturated rings.